The first-order valence-electron chi connectivity index (χ1n) is 9.68. The Kier molecular flexibility index (Phi) is 5.60. The number of anilines is 1. The second kappa shape index (κ2) is 8.18. The molecule has 1 aliphatic carbocycles. The molecule has 2 aromatic heterocycles. The molecule has 0 aliphatic heterocycles. The van der Waals surface area contributed by atoms with Gasteiger partial charge in [-0.05, 0) is 56.0 Å². The van der Waals surface area contributed by atoms with E-state index in [1.807, 2.05) is 0 Å². The van der Waals surface area contributed by atoms with Crippen molar-refractivity contribution in [3.63, 3.8) is 0 Å². The Morgan fingerprint density at radius 3 is 2.47 bits per heavy atom. The Labute approximate surface area is 176 Å². The molecule has 3 aromatic rings. The van der Waals surface area contributed by atoms with Gasteiger partial charge in [0.15, 0.2) is 5.69 Å². The second-order valence-electron chi connectivity index (χ2n) is 7.44. The van der Waals surface area contributed by atoms with Crippen LogP contribution in [0, 0.1) is 0 Å². The average Bonchev–Trinajstić information content (AvgIpc) is 3.15. The summed E-state index contributed by atoms with van der Waals surface area (Å²) in [7, 11) is 0. The molecule has 2 heterocycles. The standard InChI is InChI=1S/C21H20ClF3N4O/c22-14-4-1-3-13(11-14)20(30)27-16-9-7-15(8-10-16)26-18-5-2-6-19-28-17(12-29(18)19)21(23,24)25/h1-6,11-12,15-16,26H,7-10H2,(H,27,30). The van der Waals surface area contributed by atoms with Crippen LogP contribution in [0.25, 0.3) is 5.65 Å². The fourth-order valence-corrected chi connectivity index (χ4v) is 3.94. The topological polar surface area (TPSA) is 58.4 Å². The molecule has 1 aromatic carbocycles. The van der Waals surface area contributed by atoms with Crippen LogP contribution in [0.2, 0.25) is 5.02 Å². The summed E-state index contributed by atoms with van der Waals surface area (Å²) in [6.07, 6.45) is -0.345. The molecule has 0 saturated heterocycles. The van der Waals surface area contributed by atoms with Gasteiger partial charge in [0, 0.05) is 28.9 Å². The molecule has 1 amide bonds. The molecular weight excluding hydrogens is 417 g/mol. The largest absolute Gasteiger partial charge is 0.434 e. The van der Waals surface area contributed by atoms with Crippen LogP contribution in [0.3, 0.4) is 0 Å². The number of imidazole rings is 1. The third-order valence-corrected chi connectivity index (χ3v) is 5.52. The highest BCUT2D eigenvalue weighted by Gasteiger charge is 2.34. The number of rotatable bonds is 4. The Balaban J connectivity index is 1.37. The summed E-state index contributed by atoms with van der Waals surface area (Å²) in [6, 6.07) is 11.9. The maximum absolute atomic E-state index is 13.0. The van der Waals surface area contributed by atoms with E-state index in [4.69, 9.17) is 11.6 Å². The molecular formula is C21H20ClF3N4O. The Bertz CT molecular complexity index is 1060. The number of benzene rings is 1. The smallest absolute Gasteiger partial charge is 0.368 e. The van der Waals surface area contributed by atoms with Crippen LogP contribution in [-0.4, -0.2) is 27.4 Å². The third-order valence-electron chi connectivity index (χ3n) is 5.28. The highest BCUT2D eigenvalue weighted by Crippen LogP contribution is 2.30. The van der Waals surface area contributed by atoms with Crippen molar-refractivity contribution < 1.29 is 18.0 Å². The summed E-state index contributed by atoms with van der Waals surface area (Å²) in [5.41, 5.74) is -0.144. The lowest BCUT2D eigenvalue weighted by Crippen LogP contribution is -2.40. The molecule has 1 saturated carbocycles. The maximum atomic E-state index is 13.0. The molecule has 1 fully saturated rings. The van der Waals surface area contributed by atoms with Crippen molar-refractivity contribution in [2.24, 2.45) is 0 Å². The zero-order valence-corrected chi connectivity index (χ0v) is 16.7. The molecule has 2 N–H and O–H groups in total. The Morgan fingerprint density at radius 1 is 1.07 bits per heavy atom. The number of hydrogen-bond donors (Lipinski definition) is 2. The van der Waals surface area contributed by atoms with Gasteiger partial charge in [0.1, 0.15) is 11.5 Å². The van der Waals surface area contributed by atoms with Gasteiger partial charge in [0.2, 0.25) is 0 Å². The quantitative estimate of drug-likeness (QED) is 0.594. The normalized spacial score (nSPS) is 19.6. The zero-order valence-electron chi connectivity index (χ0n) is 15.9. The molecule has 0 radical (unpaired) electrons. The van der Waals surface area contributed by atoms with E-state index in [1.165, 1.54) is 4.40 Å². The van der Waals surface area contributed by atoms with Crippen LogP contribution in [0.4, 0.5) is 19.0 Å². The van der Waals surface area contributed by atoms with Crippen LogP contribution in [0.5, 0.6) is 0 Å². The first kappa shape index (κ1) is 20.5. The maximum Gasteiger partial charge on any atom is 0.434 e. The van der Waals surface area contributed by atoms with E-state index >= 15 is 0 Å². The van der Waals surface area contributed by atoms with E-state index in [0.29, 0.717) is 16.4 Å². The molecule has 158 valence electrons. The van der Waals surface area contributed by atoms with E-state index in [1.54, 1.807) is 42.5 Å². The summed E-state index contributed by atoms with van der Waals surface area (Å²) in [4.78, 5) is 16.0. The summed E-state index contributed by atoms with van der Waals surface area (Å²) in [5, 5.41) is 6.87. The number of carbonyl (C=O) groups is 1. The van der Waals surface area contributed by atoms with Crippen LogP contribution < -0.4 is 10.6 Å². The lowest BCUT2D eigenvalue weighted by atomic mass is 9.91. The van der Waals surface area contributed by atoms with Gasteiger partial charge < -0.3 is 10.6 Å². The molecule has 4 rings (SSSR count). The number of amides is 1. The van der Waals surface area contributed by atoms with Gasteiger partial charge in [0.05, 0.1) is 0 Å². The Hall–Kier alpha value is -2.74. The average molecular weight is 437 g/mol. The third kappa shape index (κ3) is 4.53. The molecule has 0 unspecified atom stereocenters. The number of aromatic nitrogens is 2. The first-order chi connectivity index (χ1) is 14.3. The van der Waals surface area contributed by atoms with Crippen LogP contribution in [-0.2, 0) is 6.18 Å². The highest BCUT2D eigenvalue weighted by molar-refractivity contribution is 6.30. The van der Waals surface area contributed by atoms with Crippen molar-refractivity contribution in [3.05, 3.63) is 64.9 Å². The number of hydrogen-bond acceptors (Lipinski definition) is 3. The molecule has 0 spiro atoms. The van der Waals surface area contributed by atoms with Gasteiger partial charge in [-0.3, -0.25) is 9.20 Å². The van der Waals surface area contributed by atoms with Gasteiger partial charge in [-0.1, -0.05) is 23.7 Å². The molecule has 1 aliphatic rings. The lowest BCUT2D eigenvalue weighted by molar-refractivity contribution is -0.140. The van der Waals surface area contributed by atoms with Gasteiger partial charge in [0.25, 0.3) is 5.91 Å². The van der Waals surface area contributed by atoms with Gasteiger partial charge in [-0.2, -0.15) is 13.2 Å². The van der Waals surface area contributed by atoms with Crippen molar-refractivity contribution in [1.82, 2.24) is 14.7 Å². The number of alkyl halides is 3. The fourth-order valence-electron chi connectivity index (χ4n) is 3.75. The predicted octanol–water partition coefficient (Wildman–Crippen LogP) is 5.16. The van der Waals surface area contributed by atoms with Gasteiger partial charge in [-0.15, -0.1) is 0 Å². The van der Waals surface area contributed by atoms with E-state index in [0.717, 1.165) is 31.9 Å². The number of halogens is 4. The van der Waals surface area contributed by atoms with Crippen LogP contribution in [0.15, 0.2) is 48.7 Å². The zero-order chi connectivity index (χ0) is 21.3. The van der Waals surface area contributed by atoms with Crippen molar-refractivity contribution in [3.8, 4) is 0 Å². The van der Waals surface area contributed by atoms with E-state index in [9.17, 15) is 18.0 Å². The predicted molar refractivity (Wildman–Crippen MR) is 109 cm³/mol. The minimum atomic E-state index is -4.48. The minimum Gasteiger partial charge on any atom is -0.368 e. The lowest BCUT2D eigenvalue weighted by Gasteiger charge is -2.30. The molecule has 0 bridgehead atoms. The first-order valence-corrected chi connectivity index (χ1v) is 10.1. The SMILES string of the molecule is O=C(NC1CCC(Nc2cccc3nc(C(F)(F)F)cn23)CC1)c1cccc(Cl)c1. The molecule has 5 nitrogen and oxygen atoms in total. The number of pyridine rings is 1. The molecule has 9 heteroatoms. The van der Waals surface area contributed by atoms with Gasteiger partial charge in [-0.25, -0.2) is 4.98 Å². The summed E-state index contributed by atoms with van der Waals surface area (Å²) in [5.74, 6) is 0.415. The minimum absolute atomic E-state index is 0.0513. The monoisotopic (exact) mass is 436 g/mol. The number of fused-ring (bicyclic) bond motifs is 1. The van der Waals surface area contributed by atoms with Crippen molar-refractivity contribution in [1.29, 1.82) is 0 Å². The Morgan fingerprint density at radius 2 is 1.77 bits per heavy atom. The van der Waals surface area contributed by atoms with Crippen LogP contribution in [0.1, 0.15) is 41.7 Å². The van der Waals surface area contributed by atoms with E-state index in [2.05, 4.69) is 15.6 Å². The number of nitrogens with one attached hydrogen (secondary N) is 2. The van der Waals surface area contributed by atoms with Crippen molar-refractivity contribution >= 4 is 29.0 Å². The molecule has 0 atom stereocenters. The van der Waals surface area contributed by atoms with Crippen molar-refractivity contribution in [2.75, 3.05) is 5.32 Å². The fraction of sp³-hybridized carbons (Fsp3) is 0.333. The molecule has 30 heavy (non-hydrogen) atoms. The van der Waals surface area contributed by atoms with E-state index in [-0.39, 0.29) is 23.6 Å². The summed E-state index contributed by atoms with van der Waals surface area (Å²) >= 11 is 5.94. The summed E-state index contributed by atoms with van der Waals surface area (Å²) < 4.78 is 40.3. The summed E-state index contributed by atoms with van der Waals surface area (Å²) in [6.45, 7) is 0. The number of nitrogens with zero attached hydrogens (tertiary/aromatic N) is 2. The van der Waals surface area contributed by atoms with Crippen molar-refractivity contribution in [2.45, 2.75) is 43.9 Å². The van der Waals surface area contributed by atoms with Crippen LogP contribution >= 0.6 is 11.6 Å². The number of carbonyl (C=O) groups excluding carboxylic acids is 1. The van der Waals surface area contributed by atoms with E-state index < -0.39 is 11.9 Å². The highest BCUT2D eigenvalue weighted by atomic mass is 35.5. The van der Waals surface area contributed by atoms with Gasteiger partial charge >= 0.3 is 6.18 Å². The second-order valence-corrected chi connectivity index (χ2v) is 7.88.